The Morgan fingerprint density at radius 2 is 2.19 bits per heavy atom. The molecule has 1 N–H and O–H groups in total. The van der Waals surface area contributed by atoms with E-state index in [9.17, 15) is 0 Å². The highest BCUT2D eigenvalue weighted by Gasteiger charge is 2.08. The molecule has 3 aromatic rings. The normalized spacial score (nSPS) is 10.8. The van der Waals surface area contributed by atoms with Gasteiger partial charge in [0.2, 0.25) is 0 Å². The molecule has 0 unspecified atom stereocenters. The number of nitrogens with zero attached hydrogens (tertiary/aromatic N) is 4. The van der Waals surface area contributed by atoms with Gasteiger partial charge in [-0.25, -0.2) is 14.6 Å². The van der Waals surface area contributed by atoms with E-state index in [4.69, 9.17) is 9.72 Å². The number of hydrogen-bond acceptors (Lipinski definition) is 5. The second-order valence-electron chi connectivity index (χ2n) is 4.68. The average Bonchev–Trinajstić information content (AvgIpc) is 3.00. The van der Waals surface area contributed by atoms with Crippen LogP contribution in [0.3, 0.4) is 0 Å². The Kier molecular flexibility index (Phi) is 3.68. The quantitative estimate of drug-likeness (QED) is 0.778. The molecular formula is C15H17N5O. The minimum atomic E-state index is 0.636. The Morgan fingerprint density at radius 3 is 2.90 bits per heavy atom. The molecule has 0 aliphatic carbocycles. The number of aromatic nitrogens is 4. The summed E-state index contributed by atoms with van der Waals surface area (Å²) in [5, 5.41) is 8.53. The van der Waals surface area contributed by atoms with Crippen molar-refractivity contribution in [2.24, 2.45) is 0 Å². The Bertz CT molecular complexity index is 739. The molecule has 1 aromatic carbocycles. The summed E-state index contributed by atoms with van der Waals surface area (Å²) in [6, 6.07) is 8.02. The molecule has 0 spiro atoms. The predicted molar refractivity (Wildman–Crippen MR) is 81.6 cm³/mol. The third-order valence-corrected chi connectivity index (χ3v) is 3.25. The Labute approximate surface area is 122 Å². The fourth-order valence-electron chi connectivity index (χ4n) is 2.25. The summed E-state index contributed by atoms with van der Waals surface area (Å²) in [4.78, 5) is 8.67. The van der Waals surface area contributed by atoms with Crippen LogP contribution in [0.5, 0.6) is 5.75 Å². The molecule has 0 aliphatic heterocycles. The van der Waals surface area contributed by atoms with Crippen LogP contribution in [0.2, 0.25) is 0 Å². The van der Waals surface area contributed by atoms with E-state index in [1.54, 1.807) is 18.1 Å². The molecule has 108 valence electrons. The zero-order chi connectivity index (χ0) is 14.7. The number of anilines is 1. The first-order valence-electron chi connectivity index (χ1n) is 6.84. The van der Waals surface area contributed by atoms with Crippen molar-refractivity contribution in [2.45, 2.75) is 13.5 Å². The van der Waals surface area contributed by atoms with E-state index in [1.165, 1.54) is 6.33 Å². The maximum absolute atomic E-state index is 5.25. The topological polar surface area (TPSA) is 64.9 Å². The molecule has 0 fully saturated rings. The first kappa shape index (κ1) is 13.4. The van der Waals surface area contributed by atoms with Gasteiger partial charge >= 0.3 is 0 Å². The summed E-state index contributed by atoms with van der Waals surface area (Å²) in [7, 11) is 1.66. The van der Waals surface area contributed by atoms with Gasteiger partial charge in [0.1, 0.15) is 24.2 Å². The average molecular weight is 283 g/mol. The van der Waals surface area contributed by atoms with E-state index in [-0.39, 0.29) is 0 Å². The van der Waals surface area contributed by atoms with Crippen molar-refractivity contribution in [3.8, 4) is 5.75 Å². The molecule has 2 aromatic heterocycles. The number of rotatable bonds is 5. The number of ether oxygens (including phenoxy) is 1. The second-order valence-corrected chi connectivity index (χ2v) is 4.68. The van der Waals surface area contributed by atoms with Crippen molar-refractivity contribution < 1.29 is 4.74 Å². The molecule has 2 heterocycles. The Balaban J connectivity index is 2.06. The first-order valence-corrected chi connectivity index (χ1v) is 6.84. The van der Waals surface area contributed by atoms with Gasteiger partial charge in [-0.1, -0.05) is 0 Å². The molecular weight excluding hydrogens is 266 g/mol. The summed E-state index contributed by atoms with van der Waals surface area (Å²) < 4.78 is 7.04. The van der Waals surface area contributed by atoms with Gasteiger partial charge in [-0.3, -0.25) is 0 Å². The van der Waals surface area contributed by atoms with E-state index < -0.39 is 0 Å². The largest absolute Gasteiger partial charge is 0.497 e. The van der Waals surface area contributed by atoms with Crippen LogP contribution >= 0.6 is 0 Å². The molecule has 3 rings (SSSR count). The standard InChI is InChI=1S/C15H17N5O/c1-3-17-15-12(8-20-10-16-9-18-20)6-11-4-5-13(21-2)7-14(11)19-15/h4-7,9-10H,3,8H2,1-2H3,(H,17,19). The van der Waals surface area contributed by atoms with Crippen molar-refractivity contribution in [1.29, 1.82) is 0 Å². The van der Waals surface area contributed by atoms with Crippen LogP contribution in [0.15, 0.2) is 36.9 Å². The smallest absolute Gasteiger partial charge is 0.137 e. The fourth-order valence-corrected chi connectivity index (χ4v) is 2.25. The highest BCUT2D eigenvalue weighted by molar-refractivity contribution is 5.83. The third-order valence-electron chi connectivity index (χ3n) is 3.25. The van der Waals surface area contributed by atoms with Gasteiger partial charge in [-0.2, -0.15) is 5.10 Å². The molecule has 0 saturated heterocycles. The van der Waals surface area contributed by atoms with E-state index in [2.05, 4.69) is 28.4 Å². The molecule has 6 heteroatoms. The van der Waals surface area contributed by atoms with Crippen LogP contribution in [-0.4, -0.2) is 33.4 Å². The molecule has 0 saturated carbocycles. The second kappa shape index (κ2) is 5.78. The molecule has 0 aliphatic rings. The summed E-state index contributed by atoms with van der Waals surface area (Å²) in [6.07, 6.45) is 3.24. The van der Waals surface area contributed by atoms with E-state index in [0.29, 0.717) is 6.54 Å². The summed E-state index contributed by atoms with van der Waals surface area (Å²) in [6.45, 7) is 3.50. The van der Waals surface area contributed by atoms with Crippen LogP contribution in [-0.2, 0) is 6.54 Å². The maximum Gasteiger partial charge on any atom is 0.137 e. The minimum absolute atomic E-state index is 0.636. The molecule has 0 amide bonds. The highest BCUT2D eigenvalue weighted by Crippen LogP contribution is 2.24. The minimum Gasteiger partial charge on any atom is -0.497 e. The maximum atomic E-state index is 5.25. The number of methoxy groups -OCH3 is 1. The number of pyridine rings is 1. The van der Waals surface area contributed by atoms with Gasteiger partial charge in [0.25, 0.3) is 0 Å². The van der Waals surface area contributed by atoms with Gasteiger partial charge in [0.15, 0.2) is 0 Å². The Hall–Kier alpha value is -2.63. The van der Waals surface area contributed by atoms with Crippen molar-refractivity contribution in [3.05, 3.63) is 42.5 Å². The molecule has 0 radical (unpaired) electrons. The molecule has 0 atom stereocenters. The summed E-state index contributed by atoms with van der Waals surface area (Å²) in [5.74, 6) is 1.68. The first-order chi connectivity index (χ1) is 10.3. The number of hydrogen-bond donors (Lipinski definition) is 1. The predicted octanol–water partition coefficient (Wildman–Crippen LogP) is 2.32. The molecule has 0 bridgehead atoms. The van der Waals surface area contributed by atoms with Gasteiger partial charge < -0.3 is 10.1 Å². The summed E-state index contributed by atoms with van der Waals surface area (Å²) >= 11 is 0. The lowest BCUT2D eigenvalue weighted by atomic mass is 10.1. The molecule has 6 nitrogen and oxygen atoms in total. The van der Waals surface area contributed by atoms with Crippen LogP contribution in [0.1, 0.15) is 12.5 Å². The van der Waals surface area contributed by atoms with Crippen LogP contribution < -0.4 is 10.1 Å². The van der Waals surface area contributed by atoms with Crippen LogP contribution in [0, 0.1) is 0 Å². The van der Waals surface area contributed by atoms with Gasteiger partial charge in [-0.15, -0.1) is 0 Å². The number of fused-ring (bicyclic) bond motifs is 1. The van der Waals surface area contributed by atoms with Crippen molar-refractivity contribution in [3.63, 3.8) is 0 Å². The Morgan fingerprint density at radius 1 is 1.29 bits per heavy atom. The number of nitrogens with one attached hydrogen (secondary N) is 1. The van der Waals surface area contributed by atoms with E-state index >= 15 is 0 Å². The zero-order valence-corrected chi connectivity index (χ0v) is 12.1. The van der Waals surface area contributed by atoms with Crippen LogP contribution in [0.4, 0.5) is 5.82 Å². The monoisotopic (exact) mass is 283 g/mol. The SMILES string of the molecule is CCNc1nc2cc(OC)ccc2cc1Cn1cncn1. The van der Waals surface area contributed by atoms with Gasteiger partial charge in [0.05, 0.1) is 19.2 Å². The highest BCUT2D eigenvalue weighted by atomic mass is 16.5. The van der Waals surface area contributed by atoms with Crippen molar-refractivity contribution >= 4 is 16.7 Å². The number of benzene rings is 1. The lowest BCUT2D eigenvalue weighted by molar-refractivity contribution is 0.415. The van der Waals surface area contributed by atoms with E-state index in [1.807, 2.05) is 18.2 Å². The summed E-state index contributed by atoms with van der Waals surface area (Å²) in [5.41, 5.74) is 1.99. The van der Waals surface area contributed by atoms with Crippen molar-refractivity contribution in [2.75, 3.05) is 19.0 Å². The molecule has 21 heavy (non-hydrogen) atoms. The van der Waals surface area contributed by atoms with Gasteiger partial charge in [0, 0.05) is 23.6 Å². The van der Waals surface area contributed by atoms with E-state index in [0.717, 1.165) is 34.6 Å². The van der Waals surface area contributed by atoms with Gasteiger partial charge in [-0.05, 0) is 25.1 Å². The lowest BCUT2D eigenvalue weighted by Gasteiger charge is -2.12. The zero-order valence-electron chi connectivity index (χ0n) is 12.1. The van der Waals surface area contributed by atoms with Crippen molar-refractivity contribution in [1.82, 2.24) is 19.7 Å². The fraction of sp³-hybridized carbons (Fsp3) is 0.267. The van der Waals surface area contributed by atoms with Crippen LogP contribution in [0.25, 0.3) is 10.9 Å². The third kappa shape index (κ3) is 2.79. The lowest BCUT2D eigenvalue weighted by Crippen LogP contribution is -2.08.